The number of carbonyl (C=O) groups excluding carboxylic acids is 1. The van der Waals surface area contributed by atoms with Crippen molar-refractivity contribution in [1.82, 2.24) is 34.8 Å². The highest BCUT2D eigenvalue weighted by Gasteiger charge is 2.24. The Morgan fingerprint density at radius 1 is 1.15 bits per heavy atom. The highest BCUT2D eigenvalue weighted by molar-refractivity contribution is 7.98. The molecule has 1 amide bonds. The van der Waals surface area contributed by atoms with Gasteiger partial charge < -0.3 is 14.2 Å². The van der Waals surface area contributed by atoms with Crippen LogP contribution in [0.3, 0.4) is 0 Å². The SMILES string of the molecule is COc1ccc(-c2nc(CSc3nnc(CN4CCCC4=O)n3-c3ccccn3)no2)cc1. The number of hydrogen-bond donors (Lipinski definition) is 0. The molecule has 3 aromatic heterocycles. The van der Waals surface area contributed by atoms with Crippen LogP contribution < -0.4 is 4.74 Å². The van der Waals surface area contributed by atoms with Gasteiger partial charge in [-0.15, -0.1) is 10.2 Å². The van der Waals surface area contributed by atoms with E-state index < -0.39 is 0 Å². The minimum atomic E-state index is 0.137. The number of thioether (sulfide) groups is 1. The number of benzene rings is 1. The lowest BCUT2D eigenvalue weighted by atomic mass is 10.2. The number of carbonyl (C=O) groups is 1. The molecule has 0 aliphatic carbocycles. The zero-order valence-electron chi connectivity index (χ0n) is 17.9. The molecular weight excluding hydrogens is 442 g/mol. The van der Waals surface area contributed by atoms with E-state index in [-0.39, 0.29) is 5.91 Å². The summed E-state index contributed by atoms with van der Waals surface area (Å²) < 4.78 is 12.5. The summed E-state index contributed by atoms with van der Waals surface area (Å²) in [5.74, 6) is 3.67. The van der Waals surface area contributed by atoms with Crippen LogP contribution in [-0.2, 0) is 17.1 Å². The van der Waals surface area contributed by atoms with Crippen molar-refractivity contribution in [2.45, 2.75) is 30.3 Å². The molecule has 0 unspecified atom stereocenters. The van der Waals surface area contributed by atoms with Gasteiger partial charge in [-0.2, -0.15) is 4.98 Å². The molecule has 33 heavy (non-hydrogen) atoms. The minimum absolute atomic E-state index is 0.137. The molecule has 11 heteroatoms. The smallest absolute Gasteiger partial charge is 0.257 e. The first-order valence-corrected chi connectivity index (χ1v) is 11.4. The average Bonchev–Trinajstić information content (AvgIpc) is 3.59. The van der Waals surface area contributed by atoms with Crippen molar-refractivity contribution in [3.05, 3.63) is 60.3 Å². The maximum atomic E-state index is 12.1. The van der Waals surface area contributed by atoms with Gasteiger partial charge in [-0.05, 0) is 42.8 Å². The van der Waals surface area contributed by atoms with Crippen molar-refractivity contribution in [2.75, 3.05) is 13.7 Å². The second-order valence-corrected chi connectivity index (χ2v) is 8.32. The predicted molar refractivity (Wildman–Crippen MR) is 120 cm³/mol. The lowest BCUT2D eigenvalue weighted by Crippen LogP contribution is -2.25. The van der Waals surface area contributed by atoms with Crippen molar-refractivity contribution in [3.8, 4) is 23.0 Å². The van der Waals surface area contributed by atoms with Gasteiger partial charge in [0.1, 0.15) is 11.6 Å². The highest BCUT2D eigenvalue weighted by Crippen LogP contribution is 2.27. The number of aromatic nitrogens is 6. The third-order valence-electron chi connectivity index (χ3n) is 5.22. The second kappa shape index (κ2) is 9.41. The second-order valence-electron chi connectivity index (χ2n) is 7.37. The van der Waals surface area contributed by atoms with E-state index in [9.17, 15) is 4.79 Å². The van der Waals surface area contributed by atoms with Gasteiger partial charge in [0.15, 0.2) is 16.8 Å². The molecule has 1 aromatic carbocycles. The highest BCUT2D eigenvalue weighted by atomic mass is 32.2. The Hall–Kier alpha value is -3.73. The van der Waals surface area contributed by atoms with Gasteiger partial charge in [0.2, 0.25) is 5.91 Å². The van der Waals surface area contributed by atoms with Gasteiger partial charge in [0.25, 0.3) is 5.89 Å². The van der Waals surface area contributed by atoms with Crippen molar-refractivity contribution < 1.29 is 14.1 Å². The molecule has 0 radical (unpaired) electrons. The lowest BCUT2D eigenvalue weighted by Gasteiger charge is -2.16. The molecule has 1 fully saturated rings. The summed E-state index contributed by atoms with van der Waals surface area (Å²) in [6.07, 6.45) is 3.16. The Bertz CT molecular complexity index is 1240. The first kappa shape index (κ1) is 21.1. The molecular formula is C22H21N7O3S. The van der Waals surface area contributed by atoms with E-state index in [1.165, 1.54) is 11.8 Å². The number of likely N-dealkylation sites (tertiary alicyclic amines) is 1. The molecule has 0 spiro atoms. The quantitative estimate of drug-likeness (QED) is 0.364. The third kappa shape index (κ3) is 4.58. The molecule has 0 saturated carbocycles. The van der Waals surface area contributed by atoms with E-state index in [0.29, 0.717) is 47.2 Å². The van der Waals surface area contributed by atoms with Gasteiger partial charge in [0.05, 0.1) is 19.4 Å². The van der Waals surface area contributed by atoms with E-state index in [1.54, 1.807) is 18.2 Å². The molecule has 10 nitrogen and oxygen atoms in total. The maximum absolute atomic E-state index is 12.1. The number of pyridine rings is 1. The Kier molecular flexibility index (Phi) is 6.03. The number of amides is 1. The third-order valence-corrected chi connectivity index (χ3v) is 6.14. The summed E-state index contributed by atoms with van der Waals surface area (Å²) in [6.45, 7) is 1.13. The van der Waals surface area contributed by atoms with Gasteiger partial charge >= 0.3 is 0 Å². The monoisotopic (exact) mass is 463 g/mol. The molecule has 4 aromatic rings. The molecule has 0 N–H and O–H groups in total. The molecule has 0 atom stereocenters. The summed E-state index contributed by atoms with van der Waals surface area (Å²) in [5, 5.41) is 13.4. The fraction of sp³-hybridized carbons (Fsp3) is 0.273. The molecule has 5 rings (SSSR count). The van der Waals surface area contributed by atoms with E-state index in [0.717, 1.165) is 24.3 Å². The van der Waals surface area contributed by atoms with E-state index in [1.807, 2.05) is 47.0 Å². The summed E-state index contributed by atoms with van der Waals surface area (Å²) in [5.41, 5.74) is 0.814. The largest absolute Gasteiger partial charge is 0.497 e. The molecule has 0 bridgehead atoms. The van der Waals surface area contributed by atoms with Crippen LogP contribution in [0.2, 0.25) is 0 Å². The lowest BCUT2D eigenvalue weighted by molar-refractivity contribution is -0.128. The Labute approximate surface area is 194 Å². The van der Waals surface area contributed by atoms with Crippen molar-refractivity contribution in [3.63, 3.8) is 0 Å². The zero-order valence-corrected chi connectivity index (χ0v) is 18.7. The van der Waals surface area contributed by atoms with E-state index in [2.05, 4.69) is 25.3 Å². The Morgan fingerprint density at radius 3 is 2.76 bits per heavy atom. The van der Waals surface area contributed by atoms with Crippen LogP contribution in [0.25, 0.3) is 17.3 Å². The van der Waals surface area contributed by atoms with E-state index >= 15 is 0 Å². The molecule has 1 aliphatic rings. The Morgan fingerprint density at radius 2 is 2.03 bits per heavy atom. The van der Waals surface area contributed by atoms with E-state index in [4.69, 9.17) is 9.26 Å². The minimum Gasteiger partial charge on any atom is -0.497 e. The van der Waals surface area contributed by atoms with Gasteiger partial charge in [0, 0.05) is 24.7 Å². The van der Waals surface area contributed by atoms with Crippen LogP contribution >= 0.6 is 11.8 Å². The molecule has 168 valence electrons. The summed E-state index contributed by atoms with van der Waals surface area (Å²) in [7, 11) is 1.62. The van der Waals surface area contributed by atoms with Gasteiger partial charge in [-0.25, -0.2) is 4.98 Å². The van der Waals surface area contributed by atoms with Crippen molar-refractivity contribution in [1.29, 1.82) is 0 Å². The first-order valence-electron chi connectivity index (χ1n) is 10.4. The van der Waals surface area contributed by atoms with Crippen LogP contribution in [0, 0.1) is 0 Å². The number of nitrogens with zero attached hydrogens (tertiary/aromatic N) is 7. The van der Waals surface area contributed by atoms with Crippen LogP contribution in [0.4, 0.5) is 0 Å². The Balaban J connectivity index is 1.35. The van der Waals surface area contributed by atoms with Crippen LogP contribution in [0.15, 0.2) is 58.3 Å². The molecule has 1 aliphatic heterocycles. The standard InChI is InChI=1S/C22H21N7O3S/c1-31-16-9-7-15(8-10-16)21-24-17(27-32-21)14-33-22-26-25-19(13-28-12-4-6-20(28)30)29(22)18-5-2-3-11-23-18/h2-3,5,7-11H,4,6,12-14H2,1H3. The first-order chi connectivity index (χ1) is 16.2. The fourth-order valence-electron chi connectivity index (χ4n) is 3.55. The van der Waals surface area contributed by atoms with Crippen molar-refractivity contribution in [2.24, 2.45) is 0 Å². The number of hydrogen-bond acceptors (Lipinski definition) is 9. The van der Waals surface area contributed by atoms with Gasteiger partial charge in [-0.1, -0.05) is 23.0 Å². The number of methoxy groups -OCH3 is 1. The van der Waals surface area contributed by atoms with Crippen molar-refractivity contribution >= 4 is 17.7 Å². The topological polar surface area (TPSA) is 112 Å². The maximum Gasteiger partial charge on any atom is 0.257 e. The molecule has 4 heterocycles. The van der Waals surface area contributed by atoms with Gasteiger partial charge in [-0.3, -0.25) is 9.36 Å². The zero-order chi connectivity index (χ0) is 22.6. The fourth-order valence-corrected chi connectivity index (χ4v) is 4.35. The predicted octanol–water partition coefficient (Wildman–Crippen LogP) is 3.14. The summed E-state index contributed by atoms with van der Waals surface area (Å²) >= 11 is 1.43. The molecule has 1 saturated heterocycles. The average molecular weight is 464 g/mol. The number of ether oxygens (including phenoxy) is 1. The van der Waals surface area contributed by atoms with Crippen LogP contribution in [-0.4, -0.2) is 54.4 Å². The number of rotatable bonds is 8. The normalized spacial score (nSPS) is 13.6. The summed E-state index contributed by atoms with van der Waals surface area (Å²) in [4.78, 5) is 22.9. The van der Waals surface area contributed by atoms with Crippen LogP contribution in [0.1, 0.15) is 24.5 Å². The van der Waals surface area contributed by atoms with Crippen LogP contribution in [0.5, 0.6) is 5.75 Å². The summed E-state index contributed by atoms with van der Waals surface area (Å²) in [6, 6.07) is 13.1.